The van der Waals surface area contributed by atoms with E-state index in [9.17, 15) is 4.79 Å². The molecule has 1 unspecified atom stereocenters. The third-order valence-corrected chi connectivity index (χ3v) is 2.40. The Kier molecular flexibility index (Phi) is 3.06. The molecule has 0 spiro atoms. The third kappa shape index (κ3) is 2.42. The van der Waals surface area contributed by atoms with Gasteiger partial charge in [-0.15, -0.1) is 0 Å². The first-order valence-electron chi connectivity index (χ1n) is 5.30. The number of carbonyl (C=O) groups is 1. The van der Waals surface area contributed by atoms with Gasteiger partial charge in [0.25, 0.3) is 0 Å². The minimum atomic E-state index is -0.541. The van der Waals surface area contributed by atoms with Gasteiger partial charge in [0, 0.05) is 24.3 Å². The second kappa shape index (κ2) is 4.50. The van der Waals surface area contributed by atoms with Gasteiger partial charge in [-0.1, -0.05) is 0 Å². The monoisotopic (exact) mass is 237 g/mol. The van der Waals surface area contributed by atoms with Gasteiger partial charge in [-0.25, -0.2) is 4.79 Å². The van der Waals surface area contributed by atoms with Crippen LogP contribution < -0.4 is 25.8 Å². The Balaban J connectivity index is 2.27. The largest absolute Gasteiger partial charge is 0.454 e. The summed E-state index contributed by atoms with van der Waals surface area (Å²) in [7, 11) is 0. The van der Waals surface area contributed by atoms with Crippen LogP contribution >= 0.6 is 0 Å². The Labute approximate surface area is 99.1 Å². The lowest BCUT2D eigenvalue weighted by atomic mass is 10.2. The van der Waals surface area contributed by atoms with Crippen molar-refractivity contribution >= 4 is 11.7 Å². The van der Waals surface area contributed by atoms with E-state index < -0.39 is 6.03 Å². The molecule has 4 N–H and O–H groups in total. The van der Waals surface area contributed by atoms with Crippen molar-refractivity contribution < 1.29 is 14.3 Å². The van der Waals surface area contributed by atoms with Crippen LogP contribution in [0.1, 0.15) is 6.92 Å². The molecule has 1 aromatic carbocycles. The van der Waals surface area contributed by atoms with Crippen LogP contribution in [-0.2, 0) is 0 Å². The van der Waals surface area contributed by atoms with Gasteiger partial charge < -0.3 is 20.9 Å². The number of nitrogens with zero attached hydrogens (tertiary/aromatic N) is 1. The lowest BCUT2D eigenvalue weighted by Gasteiger charge is -2.22. The number of ether oxygens (including phenoxy) is 2. The Morgan fingerprint density at radius 3 is 2.82 bits per heavy atom. The second-order valence-electron chi connectivity index (χ2n) is 3.96. The molecule has 2 rings (SSSR count). The molecule has 2 amide bonds. The molecule has 0 bridgehead atoms. The van der Waals surface area contributed by atoms with Crippen molar-refractivity contribution in [1.29, 1.82) is 0 Å². The zero-order valence-corrected chi connectivity index (χ0v) is 9.55. The fourth-order valence-corrected chi connectivity index (χ4v) is 1.66. The molecule has 1 aliphatic rings. The van der Waals surface area contributed by atoms with Gasteiger partial charge in [-0.2, -0.15) is 0 Å². The summed E-state index contributed by atoms with van der Waals surface area (Å²) in [5.74, 6) is 1.28. The number of fused-ring (bicyclic) bond motifs is 1. The minimum Gasteiger partial charge on any atom is -0.454 e. The molecular formula is C11H15N3O3. The van der Waals surface area contributed by atoms with Crippen molar-refractivity contribution in [3.05, 3.63) is 18.2 Å². The number of anilines is 1. The molecule has 0 aromatic heterocycles. The summed E-state index contributed by atoms with van der Waals surface area (Å²) in [6.45, 7) is 2.36. The number of hydrogen-bond acceptors (Lipinski definition) is 4. The summed E-state index contributed by atoms with van der Waals surface area (Å²) in [5, 5.41) is 0. The van der Waals surface area contributed by atoms with E-state index in [-0.39, 0.29) is 12.8 Å². The van der Waals surface area contributed by atoms with Gasteiger partial charge >= 0.3 is 6.03 Å². The number of amides is 2. The maximum Gasteiger partial charge on any atom is 0.319 e. The Bertz CT molecular complexity index is 434. The van der Waals surface area contributed by atoms with Crippen molar-refractivity contribution in [2.24, 2.45) is 11.5 Å². The standard InChI is InChI=1S/C11H15N3O3/c1-7(12)5-14(11(13)15)8-2-3-9-10(4-8)17-6-16-9/h2-4,7H,5-6,12H2,1H3,(H2,13,15). The molecule has 0 saturated heterocycles. The number of primary amides is 1. The summed E-state index contributed by atoms with van der Waals surface area (Å²) in [4.78, 5) is 12.8. The normalized spacial score (nSPS) is 14.5. The molecule has 1 heterocycles. The topological polar surface area (TPSA) is 90.8 Å². The van der Waals surface area contributed by atoms with E-state index >= 15 is 0 Å². The van der Waals surface area contributed by atoms with Crippen LogP contribution in [-0.4, -0.2) is 25.4 Å². The average molecular weight is 237 g/mol. The molecule has 0 fully saturated rings. The van der Waals surface area contributed by atoms with Crippen molar-refractivity contribution in [1.82, 2.24) is 0 Å². The lowest BCUT2D eigenvalue weighted by Crippen LogP contribution is -2.42. The number of hydrogen-bond donors (Lipinski definition) is 2. The van der Waals surface area contributed by atoms with Gasteiger partial charge in [0.2, 0.25) is 6.79 Å². The number of nitrogens with two attached hydrogens (primary N) is 2. The van der Waals surface area contributed by atoms with Gasteiger partial charge in [0.1, 0.15) is 0 Å². The van der Waals surface area contributed by atoms with E-state index in [0.29, 0.717) is 23.7 Å². The highest BCUT2D eigenvalue weighted by Gasteiger charge is 2.19. The van der Waals surface area contributed by atoms with E-state index in [1.54, 1.807) is 18.2 Å². The number of urea groups is 1. The van der Waals surface area contributed by atoms with E-state index in [1.165, 1.54) is 4.90 Å². The van der Waals surface area contributed by atoms with Gasteiger partial charge in [0.05, 0.1) is 0 Å². The molecule has 1 atom stereocenters. The van der Waals surface area contributed by atoms with Gasteiger partial charge in [0.15, 0.2) is 11.5 Å². The van der Waals surface area contributed by atoms with E-state index in [4.69, 9.17) is 20.9 Å². The van der Waals surface area contributed by atoms with Crippen LogP contribution in [0.2, 0.25) is 0 Å². The molecule has 92 valence electrons. The Morgan fingerprint density at radius 2 is 2.18 bits per heavy atom. The molecule has 0 saturated carbocycles. The molecule has 0 aliphatic carbocycles. The van der Waals surface area contributed by atoms with Crippen LogP contribution in [0.3, 0.4) is 0 Å². The number of benzene rings is 1. The van der Waals surface area contributed by atoms with E-state index in [1.807, 2.05) is 6.92 Å². The van der Waals surface area contributed by atoms with E-state index in [2.05, 4.69) is 0 Å². The van der Waals surface area contributed by atoms with E-state index in [0.717, 1.165) is 0 Å². The first kappa shape index (κ1) is 11.5. The zero-order chi connectivity index (χ0) is 12.4. The molecule has 6 nitrogen and oxygen atoms in total. The predicted molar refractivity (Wildman–Crippen MR) is 63.1 cm³/mol. The van der Waals surface area contributed by atoms with Crippen molar-refractivity contribution in [3.8, 4) is 11.5 Å². The summed E-state index contributed by atoms with van der Waals surface area (Å²) in [5.41, 5.74) is 11.6. The van der Waals surface area contributed by atoms with Gasteiger partial charge in [-0.05, 0) is 19.1 Å². The smallest absolute Gasteiger partial charge is 0.319 e. The molecule has 0 radical (unpaired) electrons. The summed E-state index contributed by atoms with van der Waals surface area (Å²) in [6.07, 6.45) is 0. The fraction of sp³-hybridized carbons (Fsp3) is 0.364. The average Bonchev–Trinajstić information content (AvgIpc) is 2.72. The quantitative estimate of drug-likeness (QED) is 0.807. The zero-order valence-electron chi connectivity index (χ0n) is 9.55. The molecular weight excluding hydrogens is 222 g/mol. The Morgan fingerprint density at radius 1 is 1.47 bits per heavy atom. The highest BCUT2D eigenvalue weighted by molar-refractivity contribution is 5.91. The van der Waals surface area contributed by atoms with Crippen LogP contribution in [0.15, 0.2) is 18.2 Å². The maximum atomic E-state index is 11.4. The first-order valence-corrected chi connectivity index (χ1v) is 5.30. The fourth-order valence-electron chi connectivity index (χ4n) is 1.66. The number of carbonyl (C=O) groups excluding carboxylic acids is 1. The van der Waals surface area contributed by atoms with Gasteiger partial charge in [-0.3, -0.25) is 4.90 Å². The summed E-state index contributed by atoms with van der Waals surface area (Å²) < 4.78 is 10.4. The molecule has 1 aliphatic heterocycles. The SMILES string of the molecule is CC(N)CN(C(N)=O)c1ccc2c(c1)OCO2. The van der Waals surface area contributed by atoms with Crippen LogP contribution in [0.5, 0.6) is 11.5 Å². The van der Waals surface area contributed by atoms with Crippen molar-refractivity contribution in [2.75, 3.05) is 18.2 Å². The molecule has 1 aromatic rings. The Hall–Kier alpha value is -1.95. The van der Waals surface area contributed by atoms with Crippen LogP contribution in [0.4, 0.5) is 10.5 Å². The molecule has 6 heteroatoms. The second-order valence-corrected chi connectivity index (χ2v) is 3.96. The van der Waals surface area contributed by atoms with Crippen LogP contribution in [0.25, 0.3) is 0 Å². The summed E-state index contributed by atoms with van der Waals surface area (Å²) in [6, 6.07) is 4.51. The molecule has 17 heavy (non-hydrogen) atoms. The maximum absolute atomic E-state index is 11.4. The highest BCUT2D eigenvalue weighted by Crippen LogP contribution is 2.35. The minimum absolute atomic E-state index is 0.159. The van der Waals surface area contributed by atoms with Crippen molar-refractivity contribution in [3.63, 3.8) is 0 Å². The predicted octanol–water partition coefficient (Wildman–Crippen LogP) is 0.648. The van der Waals surface area contributed by atoms with Crippen LogP contribution in [0, 0.1) is 0 Å². The summed E-state index contributed by atoms with van der Waals surface area (Å²) >= 11 is 0. The highest BCUT2D eigenvalue weighted by atomic mass is 16.7. The third-order valence-electron chi connectivity index (χ3n) is 2.40. The first-order chi connectivity index (χ1) is 8.08. The lowest BCUT2D eigenvalue weighted by molar-refractivity contribution is 0.174. The number of rotatable bonds is 3. The van der Waals surface area contributed by atoms with Crippen molar-refractivity contribution in [2.45, 2.75) is 13.0 Å².